The molecular weight excluding hydrogens is 394 g/mol. The molecule has 2 N–H and O–H groups in total. The summed E-state index contributed by atoms with van der Waals surface area (Å²) in [5.74, 6) is -2.31. The maximum Gasteiger partial charge on any atom is 0.326 e. The quantitative estimate of drug-likeness (QED) is 0.642. The van der Waals surface area contributed by atoms with Crippen LogP contribution >= 0.6 is 0 Å². The minimum Gasteiger partial charge on any atom is -0.483 e. The van der Waals surface area contributed by atoms with Crippen LogP contribution in [0, 0.1) is 0 Å². The van der Waals surface area contributed by atoms with Crippen molar-refractivity contribution in [2.45, 2.75) is 44.3 Å². The van der Waals surface area contributed by atoms with Gasteiger partial charge in [-0.2, -0.15) is 0 Å². The molecule has 4 rings (SSSR count). The summed E-state index contributed by atoms with van der Waals surface area (Å²) in [5, 5.41) is 11.5. The molecule has 30 heavy (non-hydrogen) atoms. The number of rotatable bonds is 5. The number of ether oxygens (including phenoxy) is 1. The van der Waals surface area contributed by atoms with E-state index in [0.29, 0.717) is 36.3 Å². The third-order valence-electron chi connectivity index (χ3n) is 5.75. The van der Waals surface area contributed by atoms with Gasteiger partial charge in [-0.05, 0) is 31.4 Å². The maximum atomic E-state index is 12.8. The molecule has 158 valence electrons. The van der Waals surface area contributed by atoms with Gasteiger partial charge in [0.05, 0.1) is 6.54 Å². The van der Waals surface area contributed by atoms with Crippen molar-refractivity contribution in [3.05, 3.63) is 29.3 Å². The average molecular weight is 415 g/mol. The zero-order valence-corrected chi connectivity index (χ0v) is 16.1. The van der Waals surface area contributed by atoms with E-state index in [1.165, 1.54) is 9.80 Å². The number of imide groups is 1. The van der Waals surface area contributed by atoms with Crippen LogP contribution < -0.4 is 10.1 Å². The van der Waals surface area contributed by atoms with E-state index in [-0.39, 0.29) is 37.8 Å². The molecule has 0 spiro atoms. The molecule has 1 aromatic carbocycles. The minimum absolute atomic E-state index is 0.131. The molecule has 0 aliphatic carbocycles. The highest BCUT2D eigenvalue weighted by Gasteiger charge is 2.40. The fourth-order valence-corrected chi connectivity index (χ4v) is 4.24. The number of carbonyl (C=O) groups is 5. The van der Waals surface area contributed by atoms with E-state index in [2.05, 4.69) is 5.32 Å². The summed E-state index contributed by atoms with van der Waals surface area (Å²) in [4.78, 5) is 62.8. The molecule has 3 aliphatic rings. The van der Waals surface area contributed by atoms with Crippen molar-refractivity contribution in [1.82, 2.24) is 15.1 Å². The Kier molecular flexibility index (Phi) is 5.15. The Morgan fingerprint density at radius 2 is 2.00 bits per heavy atom. The molecule has 1 aromatic rings. The van der Waals surface area contributed by atoms with Crippen molar-refractivity contribution in [3.8, 4) is 5.75 Å². The summed E-state index contributed by atoms with van der Waals surface area (Å²) >= 11 is 0. The van der Waals surface area contributed by atoms with Crippen molar-refractivity contribution in [1.29, 1.82) is 0 Å². The van der Waals surface area contributed by atoms with Gasteiger partial charge in [0.25, 0.3) is 11.8 Å². The number of hydrogen-bond donors (Lipinski definition) is 2. The molecule has 3 aliphatic heterocycles. The first-order chi connectivity index (χ1) is 14.4. The molecule has 2 fully saturated rings. The number of nitrogens with one attached hydrogen (secondary N) is 1. The standard InChI is InChI=1S/C20H21N3O7/c24-16-7-6-13(18(26)21-16)23-9-12-11(19(23)27)3-1-5-15(12)30-10-17(25)22-8-2-4-14(22)20(28)29/h1,3,5,13-14H,2,4,6-10H2,(H,28,29)(H,21,24,26)/t13?,14-/m1/s1. The molecule has 0 saturated carbocycles. The van der Waals surface area contributed by atoms with Gasteiger partial charge in [-0.3, -0.25) is 24.5 Å². The first-order valence-electron chi connectivity index (χ1n) is 9.78. The zero-order chi connectivity index (χ0) is 21.4. The van der Waals surface area contributed by atoms with Crippen LogP contribution in [0.5, 0.6) is 5.75 Å². The first-order valence-corrected chi connectivity index (χ1v) is 9.78. The van der Waals surface area contributed by atoms with Crippen LogP contribution in [0.2, 0.25) is 0 Å². The number of hydrogen-bond acceptors (Lipinski definition) is 6. The van der Waals surface area contributed by atoms with E-state index in [9.17, 15) is 29.1 Å². The van der Waals surface area contributed by atoms with Gasteiger partial charge >= 0.3 is 5.97 Å². The van der Waals surface area contributed by atoms with Crippen LogP contribution in [-0.2, 0) is 25.7 Å². The van der Waals surface area contributed by atoms with Gasteiger partial charge in [0.15, 0.2) is 6.61 Å². The fraction of sp³-hybridized carbons (Fsp3) is 0.450. The van der Waals surface area contributed by atoms with Crippen molar-refractivity contribution in [2.24, 2.45) is 0 Å². The predicted octanol–water partition coefficient (Wildman–Crippen LogP) is -0.0980. The summed E-state index contributed by atoms with van der Waals surface area (Å²) in [6.45, 7) is 0.160. The Labute approximate surface area is 171 Å². The number of carbonyl (C=O) groups excluding carboxylic acids is 4. The lowest BCUT2D eigenvalue weighted by Gasteiger charge is -2.29. The molecule has 3 heterocycles. The smallest absolute Gasteiger partial charge is 0.326 e. The summed E-state index contributed by atoms with van der Waals surface area (Å²) in [7, 11) is 0. The molecule has 2 saturated heterocycles. The normalized spacial score (nSPS) is 23.4. The number of benzene rings is 1. The van der Waals surface area contributed by atoms with E-state index in [1.807, 2.05) is 0 Å². The Balaban J connectivity index is 1.46. The van der Waals surface area contributed by atoms with Gasteiger partial charge in [0, 0.05) is 24.1 Å². The highest BCUT2D eigenvalue weighted by Crippen LogP contribution is 2.33. The van der Waals surface area contributed by atoms with Crippen LogP contribution in [0.4, 0.5) is 0 Å². The Bertz CT molecular complexity index is 944. The van der Waals surface area contributed by atoms with Gasteiger partial charge in [0.1, 0.15) is 17.8 Å². The van der Waals surface area contributed by atoms with E-state index in [4.69, 9.17) is 4.74 Å². The molecule has 10 heteroatoms. The first kappa shape index (κ1) is 19.9. The monoisotopic (exact) mass is 415 g/mol. The summed E-state index contributed by atoms with van der Waals surface area (Å²) in [5.41, 5.74) is 0.949. The number of likely N-dealkylation sites (tertiary alicyclic amines) is 1. The third kappa shape index (κ3) is 3.49. The number of fused-ring (bicyclic) bond motifs is 1. The van der Waals surface area contributed by atoms with Crippen molar-refractivity contribution in [2.75, 3.05) is 13.2 Å². The van der Waals surface area contributed by atoms with Gasteiger partial charge in [0.2, 0.25) is 11.8 Å². The van der Waals surface area contributed by atoms with Crippen LogP contribution in [0.15, 0.2) is 18.2 Å². The largest absolute Gasteiger partial charge is 0.483 e. The maximum absolute atomic E-state index is 12.8. The minimum atomic E-state index is -1.04. The molecule has 0 aromatic heterocycles. The number of carboxylic acid groups (broad SMARTS) is 1. The molecule has 2 atom stereocenters. The second-order valence-corrected chi connectivity index (χ2v) is 7.55. The molecule has 0 radical (unpaired) electrons. The lowest BCUT2D eigenvalue weighted by molar-refractivity contribution is -0.149. The lowest BCUT2D eigenvalue weighted by atomic mass is 10.0. The van der Waals surface area contributed by atoms with E-state index < -0.39 is 29.9 Å². The molecular formula is C20H21N3O7. The number of nitrogens with zero attached hydrogens (tertiary/aromatic N) is 2. The Morgan fingerprint density at radius 3 is 2.73 bits per heavy atom. The topological polar surface area (TPSA) is 133 Å². The van der Waals surface area contributed by atoms with Gasteiger partial charge in [-0.15, -0.1) is 0 Å². The van der Waals surface area contributed by atoms with E-state index in [0.717, 1.165) is 0 Å². The Morgan fingerprint density at radius 1 is 1.20 bits per heavy atom. The molecule has 0 bridgehead atoms. The van der Waals surface area contributed by atoms with Gasteiger partial charge in [-0.1, -0.05) is 6.07 Å². The lowest BCUT2D eigenvalue weighted by Crippen LogP contribution is -2.52. The summed E-state index contributed by atoms with van der Waals surface area (Å²) in [6.07, 6.45) is 1.45. The number of piperidine rings is 1. The highest BCUT2D eigenvalue weighted by atomic mass is 16.5. The molecule has 1 unspecified atom stereocenters. The average Bonchev–Trinajstić information content (AvgIpc) is 3.32. The van der Waals surface area contributed by atoms with Crippen LogP contribution in [0.25, 0.3) is 0 Å². The van der Waals surface area contributed by atoms with E-state index >= 15 is 0 Å². The van der Waals surface area contributed by atoms with Crippen LogP contribution in [0.1, 0.15) is 41.6 Å². The SMILES string of the molecule is O=C1CCC(N2Cc3c(OCC(=O)N4CCC[C@@H]4C(=O)O)cccc3C2=O)C(=O)N1. The predicted molar refractivity (Wildman–Crippen MR) is 100 cm³/mol. The Hall–Kier alpha value is -3.43. The molecule has 4 amide bonds. The van der Waals surface area contributed by atoms with Crippen molar-refractivity contribution in [3.63, 3.8) is 0 Å². The number of aliphatic carboxylic acids is 1. The third-order valence-corrected chi connectivity index (χ3v) is 5.75. The second-order valence-electron chi connectivity index (χ2n) is 7.55. The summed E-state index contributed by atoms with van der Waals surface area (Å²) < 4.78 is 5.66. The number of carboxylic acids is 1. The van der Waals surface area contributed by atoms with Crippen molar-refractivity contribution < 1.29 is 33.8 Å². The second kappa shape index (κ2) is 7.77. The van der Waals surface area contributed by atoms with Crippen molar-refractivity contribution >= 4 is 29.6 Å². The summed E-state index contributed by atoms with van der Waals surface area (Å²) in [6, 6.07) is 3.30. The zero-order valence-electron chi connectivity index (χ0n) is 16.1. The van der Waals surface area contributed by atoms with Gasteiger partial charge in [-0.25, -0.2) is 4.79 Å². The number of amides is 4. The van der Waals surface area contributed by atoms with Crippen LogP contribution in [0.3, 0.4) is 0 Å². The highest BCUT2D eigenvalue weighted by molar-refractivity contribution is 6.05. The van der Waals surface area contributed by atoms with E-state index in [1.54, 1.807) is 18.2 Å². The molecule has 10 nitrogen and oxygen atoms in total. The fourth-order valence-electron chi connectivity index (χ4n) is 4.24. The van der Waals surface area contributed by atoms with Crippen LogP contribution in [-0.4, -0.2) is 69.7 Å². The van der Waals surface area contributed by atoms with Gasteiger partial charge < -0.3 is 19.6 Å².